The van der Waals surface area contributed by atoms with Gasteiger partial charge in [0, 0.05) is 26.6 Å². The molecule has 0 fully saturated rings. The number of methoxy groups -OCH3 is 1. The van der Waals surface area contributed by atoms with Crippen molar-refractivity contribution in [3.8, 4) is 0 Å². The van der Waals surface area contributed by atoms with E-state index in [1.54, 1.807) is 7.11 Å². The Labute approximate surface area is 121 Å². The maximum atomic E-state index is 6.42. The minimum absolute atomic E-state index is 0.195. The Hall–Kier alpha value is -0.580. The molecule has 1 rings (SSSR count). The molecule has 1 aromatic rings. The summed E-state index contributed by atoms with van der Waals surface area (Å²) in [6.45, 7) is 6.33. The summed E-state index contributed by atoms with van der Waals surface area (Å²) < 4.78 is 7.58. The Kier molecular flexibility index (Phi) is 5.83. The van der Waals surface area contributed by atoms with Crippen LogP contribution in [0.15, 0.2) is 0 Å². The first kappa shape index (κ1) is 16.5. The van der Waals surface area contributed by atoms with E-state index in [4.69, 9.17) is 16.3 Å². The molecule has 0 saturated carbocycles. The van der Waals surface area contributed by atoms with Crippen LogP contribution in [-0.4, -0.2) is 35.6 Å². The van der Waals surface area contributed by atoms with Crippen molar-refractivity contribution in [1.82, 2.24) is 15.1 Å². The van der Waals surface area contributed by atoms with Gasteiger partial charge in [-0.15, -0.1) is 0 Å². The van der Waals surface area contributed by atoms with E-state index in [1.165, 1.54) is 0 Å². The first-order valence-corrected chi connectivity index (χ1v) is 7.23. The lowest BCUT2D eigenvalue weighted by molar-refractivity contribution is -0.0272. The lowest BCUT2D eigenvalue weighted by Crippen LogP contribution is -2.50. The van der Waals surface area contributed by atoms with Gasteiger partial charge in [-0.25, -0.2) is 0 Å². The average Bonchev–Trinajstić information content (AvgIpc) is 2.70. The molecular formula is C14H26ClN3O. The second kappa shape index (κ2) is 6.73. The number of aromatic nitrogens is 2. The number of nitrogens with zero attached hydrogens (tertiary/aromatic N) is 2. The highest BCUT2D eigenvalue weighted by molar-refractivity contribution is 6.31. The van der Waals surface area contributed by atoms with Gasteiger partial charge in [0.1, 0.15) is 0 Å². The van der Waals surface area contributed by atoms with E-state index in [9.17, 15) is 0 Å². The van der Waals surface area contributed by atoms with Crippen LogP contribution in [0.25, 0.3) is 0 Å². The Morgan fingerprint density at radius 1 is 1.47 bits per heavy atom. The van der Waals surface area contributed by atoms with Crippen LogP contribution in [0.2, 0.25) is 5.02 Å². The van der Waals surface area contributed by atoms with Crippen LogP contribution < -0.4 is 5.32 Å². The summed E-state index contributed by atoms with van der Waals surface area (Å²) in [6, 6.07) is 0.195. The first-order valence-electron chi connectivity index (χ1n) is 6.86. The van der Waals surface area contributed by atoms with Gasteiger partial charge < -0.3 is 10.1 Å². The Balaban J connectivity index is 3.02. The molecule has 5 heteroatoms. The van der Waals surface area contributed by atoms with Gasteiger partial charge in [-0.2, -0.15) is 5.10 Å². The minimum atomic E-state index is -0.214. The smallest absolute Gasteiger partial charge is 0.0850 e. The molecule has 0 aromatic carbocycles. The number of ether oxygens (including phenoxy) is 1. The normalized spacial score (nSPS) is 16.4. The van der Waals surface area contributed by atoms with Gasteiger partial charge in [-0.3, -0.25) is 4.68 Å². The number of aryl methyl sites for hydroxylation is 2. The van der Waals surface area contributed by atoms with E-state index in [1.807, 2.05) is 18.8 Å². The van der Waals surface area contributed by atoms with Gasteiger partial charge in [0.15, 0.2) is 0 Å². The number of halogens is 1. The summed E-state index contributed by atoms with van der Waals surface area (Å²) in [6.07, 6.45) is 2.59. The fraction of sp³-hybridized carbons (Fsp3) is 0.786. The average molecular weight is 288 g/mol. The molecule has 4 nitrogen and oxygen atoms in total. The van der Waals surface area contributed by atoms with E-state index in [0.717, 1.165) is 35.7 Å². The topological polar surface area (TPSA) is 39.1 Å². The monoisotopic (exact) mass is 287 g/mol. The first-order chi connectivity index (χ1) is 8.93. The molecule has 0 aliphatic rings. The third kappa shape index (κ3) is 3.30. The summed E-state index contributed by atoms with van der Waals surface area (Å²) in [5, 5.41) is 8.61. The second-order valence-corrected chi connectivity index (χ2v) is 5.48. The van der Waals surface area contributed by atoms with Gasteiger partial charge >= 0.3 is 0 Å². The van der Waals surface area contributed by atoms with Crippen LogP contribution >= 0.6 is 11.6 Å². The van der Waals surface area contributed by atoms with Crippen LogP contribution in [0.1, 0.15) is 38.6 Å². The quantitative estimate of drug-likeness (QED) is 0.838. The van der Waals surface area contributed by atoms with Crippen molar-refractivity contribution in [2.75, 3.05) is 14.2 Å². The maximum absolute atomic E-state index is 6.42. The highest BCUT2D eigenvalue weighted by Crippen LogP contribution is 2.27. The molecule has 0 spiro atoms. The van der Waals surface area contributed by atoms with Crippen molar-refractivity contribution in [3.63, 3.8) is 0 Å². The highest BCUT2D eigenvalue weighted by Gasteiger charge is 2.33. The van der Waals surface area contributed by atoms with Gasteiger partial charge in [0.05, 0.1) is 22.0 Å². The maximum Gasteiger partial charge on any atom is 0.0850 e. The molecule has 0 amide bonds. The zero-order chi connectivity index (χ0) is 14.6. The minimum Gasteiger partial charge on any atom is -0.377 e. The molecule has 0 bridgehead atoms. The predicted octanol–water partition coefficient (Wildman–Crippen LogP) is 2.58. The Morgan fingerprint density at radius 3 is 2.47 bits per heavy atom. The largest absolute Gasteiger partial charge is 0.377 e. The van der Waals surface area contributed by atoms with Crippen LogP contribution in [0.5, 0.6) is 0 Å². The molecule has 0 aliphatic carbocycles. The third-order valence-electron chi connectivity index (χ3n) is 4.15. The van der Waals surface area contributed by atoms with Crippen molar-refractivity contribution < 1.29 is 4.74 Å². The molecule has 0 saturated heterocycles. The van der Waals surface area contributed by atoms with E-state index >= 15 is 0 Å². The molecule has 0 aliphatic heterocycles. The number of hydrogen-bond donors (Lipinski definition) is 1. The van der Waals surface area contributed by atoms with Gasteiger partial charge in [0.25, 0.3) is 0 Å². The molecule has 0 radical (unpaired) electrons. The van der Waals surface area contributed by atoms with E-state index in [2.05, 4.69) is 31.2 Å². The highest BCUT2D eigenvalue weighted by atomic mass is 35.5. The molecule has 19 heavy (non-hydrogen) atoms. The molecular weight excluding hydrogens is 262 g/mol. The third-order valence-corrected chi connectivity index (χ3v) is 4.59. The summed E-state index contributed by atoms with van der Waals surface area (Å²) in [5.74, 6) is 0. The number of hydrogen-bond acceptors (Lipinski definition) is 3. The summed E-state index contributed by atoms with van der Waals surface area (Å²) in [7, 11) is 5.67. The fourth-order valence-corrected chi connectivity index (χ4v) is 2.76. The molecule has 2 atom stereocenters. The molecule has 1 N–H and O–H groups in total. The van der Waals surface area contributed by atoms with Crippen molar-refractivity contribution in [2.45, 2.75) is 51.7 Å². The van der Waals surface area contributed by atoms with Crippen molar-refractivity contribution in [1.29, 1.82) is 0 Å². The van der Waals surface area contributed by atoms with Crippen molar-refractivity contribution >= 4 is 11.6 Å². The fourth-order valence-electron chi connectivity index (χ4n) is 2.39. The Morgan fingerprint density at radius 2 is 2.11 bits per heavy atom. The predicted molar refractivity (Wildman–Crippen MR) is 79.9 cm³/mol. The van der Waals surface area contributed by atoms with Crippen LogP contribution in [-0.2, 0) is 24.6 Å². The lowest BCUT2D eigenvalue weighted by Gasteiger charge is -2.35. The van der Waals surface area contributed by atoms with Crippen molar-refractivity contribution in [2.24, 2.45) is 7.05 Å². The number of likely N-dealkylation sites (N-methyl/N-ethyl adjacent to an activating group) is 1. The standard InChI is InChI=1S/C14H26ClN3O/c1-7-10-13(15)11(18(5)17-10)9-12(16-4)14(3,8-2)19-6/h12,16H,7-9H2,1-6H3. The van der Waals surface area contributed by atoms with Gasteiger partial charge in [0.2, 0.25) is 0 Å². The van der Waals surface area contributed by atoms with Crippen molar-refractivity contribution in [3.05, 3.63) is 16.4 Å². The molecule has 1 heterocycles. The van der Waals surface area contributed by atoms with Crippen LogP contribution in [0, 0.1) is 0 Å². The van der Waals surface area contributed by atoms with E-state index in [0.29, 0.717) is 0 Å². The van der Waals surface area contributed by atoms with Crippen LogP contribution in [0.4, 0.5) is 0 Å². The lowest BCUT2D eigenvalue weighted by atomic mass is 9.89. The zero-order valence-electron chi connectivity index (χ0n) is 12.9. The summed E-state index contributed by atoms with van der Waals surface area (Å²) in [5.41, 5.74) is 1.81. The molecule has 2 unspecified atom stereocenters. The summed E-state index contributed by atoms with van der Waals surface area (Å²) >= 11 is 6.42. The number of rotatable bonds is 7. The van der Waals surface area contributed by atoms with Gasteiger partial charge in [-0.05, 0) is 26.8 Å². The molecule has 1 aromatic heterocycles. The SMILES string of the molecule is CCc1nn(C)c(CC(NC)C(C)(CC)OC)c1Cl. The molecule has 110 valence electrons. The van der Waals surface area contributed by atoms with E-state index < -0.39 is 0 Å². The second-order valence-electron chi connectivity index (χ2n) is 5.10. The zero-order valence-corrected chi connectivity index (χ0v) is 13.6. The number of nitrogens with one attached hydrogen (secondary N) is 1. The van der Waals surface area contributed by atoms with Crippen LogP contribution in [0.3, 0.4) is 0 Å². The summed E-state index contributed by atoms with van der Waals surface area (Å²) in [4.78, 5) is 0. The Bertz CT molecular complexity index is 413. The van der Waals surface area contributed by atoms with Gasteiger partial charge in [-0.1, -0.05) is 25.4 Å². The van der Waals surface area contributed by atoms with E-state index in [-0.39, 0.29) is 11.6 Å².